The van der Waals surface area contributed by atoms with Crippen molar-refractivity contribution in [3.8, 4) is 0 Å². The summed E-state index contributed by atoms with van der Waals surface area (Å²) in [6.45, 7) is 11.3. The molecule has 3 N–H and O–H groups in total. The molecule has 2 bridgehead atoms. The Morgan fingerprint density at radius 1 is 1.26 bits per heavy atom. The molecule has 0 aromatic carbocycles. The summed E-state index contributed by atoms with van der Waals surface area (Å²) in [6, 6.07) is 0. The first-order chi connectivity index (χ1) is 16.2. The van der Waals surface area contributed by atoms with E-state index in [0.29, 0.717) is 11.1 Å². The third kappa shape index (κ3) is 2.99. The summed E-state index contributed by atoms with van der Waals surface area (Å²) >= 11 is 0. The van der Waals surface area contributed by atoms with E-state index in [9.17, 15) is 29.7 Å². The molecule has 0 saturated heterocycles. The highest BCUT2D eigenvalue weighted by Crippen LogP contribution is 2.75. The molecule has 8 nitrogen and oxygen atoms in total. The SMILES string of the molecule is C/C=C(\C)C(=O)O[C@H]1C(C)=C[C@]23C(=O)[C@@H](C=C(CO)[C@@H](O)[C@]12O)[C@@H]1C(C)(C)[C@]1(OC(C)=O)C[C@H]3C. The Hall–Kier alpha value is -2.29. The van der Waals surface area contributed by atoms with E-state index in [1.165, 1.54) is 13.0 Å². The maximum absolute atomic E-state index is 14.5. The van der Waals surface area contributed by atoms with Gasteiger partial charge in [-0.1, -0.05) is 39.0 Å². The van der Waals surface area contributed by atoms with Crippen LogP contribution < -0.4 is 0 Å². The van der Waals surface area contributed by atoms with Crippen LogP contribution in [0.1, 0.15) is 54.9 Å². The molecule has 8 atom stereocenters. The highest BCUT2D eigenvalue weighted by Gasteiger charge is 2.83. The molecule has 0 heterocycles. The standard InChI is InChI=1S/C27H36O8/c1-8-13(2)23(32)34-22-14(3)10-25-15(4)11-26(35-16(5)29)19(24(26,6)7)18(21(25)31)9-17(12-28)20(30)27(22,25)33/h8-10,15,18-20,22,28,30,33H,11-12H2,1-7H3/b13-8+/t15-,18+,19-,20-,22+,25+,26+,27+/m1/s1. The average Bonchev–Trinajstić information content (AvgIpc) is 3.17. The van der Waals surface area contributed by atoms with Gasteiger partial charge < -0.3 is 24.8 Å². The van der Waals surface area contributed by atoms with Crippen molar-refractivity contribution in [3.63, 3.8) is 0 Å². The third-order valence-electron chi connectivity index (χ3n) is 9.32. The van der Waals surface area contributed by atoms with Crippen LogP contribution in [-0.4, -0.2) is 63.1 Å². The Labute approximate surface area is 205 Å². The van der Waals surface area contributed by atoms with Crippen molar-refractivity contribution in [2.45, 2.75) is 78.3 Å². The van der Waals surface area contributed by atoms with Crippen LogP contribution in [0.3, 0.4) is 0 Å². The molecule has 0 aromatic heterocycles. The molecule has 0 unspecified atom stereocenters. The third-order valence-corrected chi connectivity index (χ3v) is 9.32. The van der Waals surface area contributed by atoms with Crippen LogP contribution in [0, 0.1) is 28.6 Å². The fraction of sp³-hybridized carbons (Fsp3) is 0.667. The van der Waals surface area contributed by atoms with Gasteiger partial charge in [0.2, 0.25) is 0 Å². The Kier molecular flexibility index (Phi) is 5.79. The minimum atomic E-state index is -2.25. The number of ketones is 1. The van der Waals surface area contributed by atoms with Gasteiger partial charge in [0.25, 0.3) is 0 Å². The molecule has 0 aliphatic heterocycles. The zero-order valence-corrected chi connectivity index (χ0v) is 21.4. The number of Topliss-reactive ketones (excluding diaryl/α,β-unsaturated/α-hetero) is 1. The largest absolute Gasteiger partial charge is 0.458 e. The summed E-state index contributed by atoms with van der Waals surface area (Å²) in [5.41, 5.74) is -4.52. The molecular formula is C27H36O8. The van der Waals surface area contributed by atoms with Crippen molar-refractivity contribution in [1.29, 1.82) is 0 Å². The summed E-state index contributed by atoms with van der Waals surface area (Å²) in [7, 11) is 0. The molecule has 35 heavy (non-hydrogen) atoms. The van der Waals surface area contributed by atoms with Gasteiger partial charge in [0.15, 0.2) is 17.5 Å². The fourth-order valence-electron chi connectivity index (χ4n) is 7.47. The number of aliphatic hydroxyl groups is 3. The topological polar surface area (TPSA) is 130 Å². The number of ether oxygens (including phenoxy) is 2. The lowest BCUT2D eigenvalue weighted by molar-refractivity contribution is -0.202. The van der Waals surface area contributed by atoms with E-state index in [1.54, 1.807) is 39.8 Å². The average molecular weight is 489 g/mol. The number of carbonyl (C=O) groups is 3. The van der Waals surface area contributed by atoms with Gasteiger partial charge in [-0.2, -0.15) is 0 Å². The van der Waals surface area contributed by atoms with Crippen LogP contribution in [0.5, 0.6) is 0 Å². The summed E-state index contributed by atoms with van der Waals surface area (Å²) in [6.07, 6.45) is 2.04. The number of aliphatic hydroxyl groups excluding tert-OH is 2. The lowest BCUT2D eigenvalue weighted by Gasteiger charge is -2.49. The molecular weight excluding hydrogens is 452 g/mol. The predicted molar refractivity (Wildman–Crippen MR) is 126 cm³/mol. The number of allylic oxidation sites excluding steroid dienone is 2. The highest BCUT2D eigenvalue weighted by atomic mass is 16.6. The number of carbonyl (C=O) groups excluding carboxylic acids is 3. The van der Waals surface area contributed by atoms with Gasteiger partial charge in [-0.3, -0.25) is 9.59 Å². The number of esters is 2. The van der Waals surface area contributed by atoms with Crippen LogP contribution in [0.15, 0.2) is 34.9 Å². The van der Waals surface area contributed by atoms with E-state index in [0.717, 1.165) is 0 Å². The molecule has 2 fully saturated rings. The van der Waals surface area contributed by atoms with Gasteiger partial charge in [0.1, 0.15) is 11.7 Å². The lowest BCUT2D eigenvalue weighted by atomic mass is 9.59. The molecule has 2 saturated carbocycles. The maximum Gasteiger partial charge on any atom is 0.334 e. The van der Waals surface area contributed by atoms with Crippen molar-refractivity contribution < 1.29 is 39.2 Å². The Morgan fingerprint density at radius 2 is 1.89 bits per heavy atom. The second-order valence-corrected chi connectivity index (χ2v) is 11.3. The molecule has 1 spiro atoms. The van der Waals surface area contributed by atoms with E-state index in [-0.39, 0.29) is 17.8 Å². The first-order valence-corrected chi connectivity index (χ1v) is 12.2. The summed E-state index contributed by atoms with van der Waals surface area (Å²) in [5.74, 6) is -3.27. The van der Waals surface area contributed by atoms with E-state index >= 15 is 0 Å². The zero-order chi connectivity index (χ0) is 26.3. The van der Waals surface area contributed by atoms with E-state index in [4.69, 9.17) is 9.47 Å². The zero-order valence-electron chi connectivity index (χ0n) is 21.4. The van der Waals surface area contributed by atoms with Crippen LogP contribution in [0.25, 0.3) is 0 Å². The first kappa shape index (κ1) is 25.8. The Morgan fingerprint density at radius 3 is 2.43 bits per heavy atom. The summed E-state index contributed by atoms with van der Waals surface area (Å²) in [4.78, 5) is 39.3. The monoisotopic (exact) mass is 488 g/mol. The molecule has 8 heteroatoms. The smallest absolute Gasteiger partial charge is 0.334 e. The van der Waals surface area contributed by atoms with Gasteiger partial charge in [-0.15, -0.1) is 0 Å². The Bertz CT molecular complexity index is 1080. The van der Waals surface area contributed by atoms with E-state index in [2.05, 4.69) is 0 Å². The van der Waals surface area contributed by atoms with Gasteiger partial charge in [0, 0.05) is 29.7 Å². The first-order valence-electron chi connectivity index (χ1n) is 12.2. The van der Waals surface area contributed by atoms with Gasteiger partial charge >= 0.3 is 11.9 Å². The number of hydrogen-bond donors (Lipinski definition) is 3. The van der Waals surface area contributed by atoms with E-state index < -0.39 is 70.5 Å². The van der Waals surface area contributed by atoms with Gasteiger partial charge in [-0.25, -0.2) is 4.79 Å². The molecule has 4 rings (SSSR count). The molecule has 0 amide bonds. The van der Waals surface area contributed by atoms with Crippen LogP contribution >= 0.6 is 0 Å². The Balaban J connectivity index is 1.95. The minimum absolute atomic E-state index is 0.0770. The van der Waals surface area contributed by atoms with Crippen LogP contribution in [-0.2, 0) is 23.9 Å². The van der Waals surface area contributed by atoms with Crippen molar-refractivity contribution in [2.24, 2.45) is 28.6 Å². The molecule has 4 aliphatic carbocycles. The highest BCUT2D eigenvalue weighted by molar-refractivity contribution is 5.96. The fourth-order valence-corrected chi connectivity index (χ4v) is 7.47. The molecule has 0 radical (unpaired) electrons. The van der Waals surface area contributed by atoms with Crippen molar-refractivity contribution >= 4 is 17.7 Å². The van der Waals surface area contributed by atoms with Crippen molar-refractivity contribution in [3.05, 3.63) is 34.9 Å². The van der Waals surface area contributed by atoms with Crippen LogP contribution in [0.4, 0.5) is 0 Å². The van der Waals surface area contributed by atoms with Crippen LogP contribution in [0.2, 0.25) is 0 Å². The minimum Gasteiger partial charge on any atom is -0.458 e. The van der Waals surface area contributed by atoms with Gasteiger partial charge in [0.05, 0.1) is 12.0 Å². The normalized spacial score (nSPS) is 43.7. The summed E-state index contributed by atoms with van der Waals surface area (Å²) < 4.78 is 11.6. The van der Waals surface area contributed by atoms with Crippen molar-refractivity contribution in [2.75, 3.05) is 6.61 Å². The summed E-state index contributed by atoms with van der Waals surface area (Å²) in [5, 5.41) is 34.1. The number of fused-ring (bicyclic) bond motifs is 3. The molecule has 4 aliphatic rings. The number of rotatable bonds is 4. The number of hydrogen-bond acceptors (Lipinski definition) is 8. The maximum atomic E-state index is 14.5. The second kappa shape index (κ2) is 7.85. The predicted octanol–water partition coefficient (Wildman–Crippen LogP) is 2.02. The molecule has 0 aromatic rings. The quantitative estimate of drug-likeness (QED) is 0.311. The van der Waals surface area contributed by atoms with Gasteiger partial charge in [-0.05, 0) is 44.3 Å². The van der Waals surface area contributed by atoms with Crippen molar-refractivity contribution in [1.82, 2.24) is 0 Å². The molecule has 192 valence electrons. The van der Waals surface area contributed by atoms with E-state index in [1.807, 2.05) is 13.8 Å². The second-order valence-electron chi connectivity index (χ2n) is 11.3. The lowest BCUT2D eigenvalue weighted by Crippen LogP contribution is -2.66.